The molecule has 0 heterocycles. The number of rotatable bonds is 0. The molecule has 0 bridgehead atoms. The van der Waals surface area contributed by atoms with Crippen LogP contribution in [0.4, 0.5) is 0 Å². The predicted molar refractivity (Wildman–Crippen MR) is 25.8 cm³/mol. The van der Waals surface area contributed by atoms with Gasteiger partial charge >= 0.3 is 0 Å². The minimum Gasteiger partial charge on any atom is -0.412 e. The lowest BCUT2D eigenvalue weighted by Gasteiger charge is -1.90. The molecule has 0 saturated heterocycles. The molecule has 0 atom stereocenters. The second kappa shape index (κ2) is 3.98. The second-order valence-electron chi connectivity index (χ2n) is 1.34. The van der Waals surface area contributed by atoms with Crippen molar-refractivity contribution in [3.63, 3.8) is 0 Å². The van der Waals surface area contributed by atoms with Crippen LogP contribution in [0, 0.1) is 0 Å². The minimum atomic E-state index is 0. The van der Waals surface area contributed by atoms with E-state index in [0.29, 0.717) is 0 Å². The molecule has 0 saturated carbocycles. The number of hydrogen-bond acceptors (Lipinski definition) is 1. The molecule has 0 unspecified atom stereocenters. The average molecular weight is 74.9 g/mol. The Labute approximate surface area is 33.5 Å². The standard InChI is InChI=1S/C2H8BN.H2O/c1-4(2)3;/h3H2,1-2H3;1H2. The number of nitrogens with zero attached hydrogens (tertiary/aromatic N) is 1. The van der Waals surface area contributed by atoms with Crippen molar-refractivity contribution in [1.29, 1.82) is 0 Å². The molecule has 0 spiro atoms. The topological polar surface area (TPSA) is 34.7 Å². The average Bonchev–Trinajstić information content (AvgIpc) is 0.811. The highest BCUT2D eigenvalue weighted by molar-refractivity contribution is 6.03. The van der Waals surface area contributed by atoms with Crippen LogP contribution in [0.15, 0.2) is 0 Å². The maximum atomic E-state index is 2.00. The van der Waals surface area contributed by atoms with Crippen molar-refractivity contribution in [3.8, 4) is 0 Å². The molecule has 32 valence electrons. The maximum absolute atomic E-state index is 2.00. The zero-order valence-electron chi connectivity index (χ0n) is 3.95. The van der Waals surface area contributed by atoms with Gasteiger partial charge < -0.3 is 10.3 Å². The maximum Gasteiger partial charge on any atom is 0.184 e. The fraction of sp³-hybridized carbons (Fsp3) is 1.00. The summed E-state index contributed by atoms with van der Waals surface area (Å²) in [7, 11) is 6.00. The highest BCUT2D eigenvalue weighted by Gasteiger charge is 1.59. The summed E-state index contributed by atoms with van der Waals surface area (Å²) >= 11 is 0. The highest BCUT2D eigenvalue weighted by Crippen LogP contribution is 1.44. The molecule has 0 aromatic carbocycles. The first-order valence-electron chi connectivity index (χ1n) is 1.34. The van der Waals surface area contributed by atoms with E-state index >= 15 is 0 Å². The van der Waals surface area contributed by atoms with Crippen molar-refractivity contribution in [2.24, 2.45) is 0 Å². The summed E-state index contributed by atoms with van der Waals surface area (Å²) in [5.74, 6) is 0. The van der Waals surface area contributed by atoms with Gasteiger partial charge in [0.05, 0.1) is 0 Å². The molecule has 3 heteroatoms. The second-order valence-corrected chi connectivity index (χ2v) is 1.34. The predicted octanol–water partition coefficient (Wildman–Crippen LogP) is -1.73. The van der Waals surface area contributed by atoms with E-state index in [0.717, 1.165) is 0 Å². The van der Waals surface area contributed by atoms with E-state index < -0.39 is 0 Å². The van der Waals surface area contributed by atoms with Crippen LogP contribution in [-0.2, 0) is 0 Å². The van der Waals surface area contributed by atoms with Crippen LogP contribution in [0.2, 0.25) is 0 Å². The summed E-state index contributed by atoms with van der Waals surface area (Å²) in [4.78, 5) is 2.00. The lowest BCUT2D eigenvalue weighted by Crippen LogP contribution is -2.02. The first-order valence-corrected chi connectivity index (χ1v) is 1.34. The van der Waals surface area contributed by atoms with Gasteiger partial charge in [-0.05, 0) is 14.1 Å². The Hall–Kier alpha value is -0.0151. The summed E-state index contributed by atoms with van der Waals surface area (Å²) < 4.78 is 0. The molecular formula is C2H10BNO. The van der Waals surface area contributed by atoms with Crippen LogP contribution in [0.3, 0.4) is 0 Å². The van der Waals surface area contributed by atoms with Crippen LogP contribution < -0.4 is 0 Å². The zero-order valence-corrected chi connectivity index (χ0v) is 3.95. The third-order valence-electron chi connectivity index (χ3n) is 0. The smallest absolute Gasteiger partial charge is 0.184 e. The van der Waals surface area contributed by atoms with Crippen LogP contribution in [0.1, 0.15) is 0 Å². The van der Waals surface area contributed by atoms with Gasteiger partial charge in [-0.3, -0.25) is 0 Å². The van der Waals surface area contributed by atoms with Crippen molar-refractivity contribution in [3.05, 3.63) is 0 Å². The first kappa shape index (κ1) is 8.88. The Morgan fingerprint density at radius 1 is 1.40 bits per heavy atom. The Bertz CT molecular complexity index is 14.4. The van der Waals surface area contributed by atoms with Crippen LogP contribution in [0.25, 0.3) is 0 Å². The van der Waals surface area contributed by atoms with Gasteiger partial charge in [-0.1, -0.05) is 0 Å². The lowest BCUT2D eigenvalue weighted by molar-refractivity contribution is 0.679. The van der Waals surface area contributed by atoms with E-state index in [1.165, 1.54) is 0 Å². The van der Waals surface area contributed by atoms with Gasteiger partial charge in [-0.2, -0.15) is 0 Å². The van der Waals surface area contributed by atoms with Gasteiger partial charge in [0.2, 0.25) is 0 Å². The van der Waals surface area contributed by atoms with E-state index in [4.69, 9.17) is 0 Å². The molecule has 0 rings (SSSR count). The first-order chi connectivity index (χ1) is 1.73. The van der Waals surface area contributed by atoms with Crippen molar-refractivity contribution in [2.45, 2.75) is 0 Å². The fourth-order valence-electron chi connectivity index (χ4n) is 0. The monoisotopic (exact) mass is 75.1 g/mol. The van der Waals surface area contributed by atoms with Crippen LogP contribution in [-0.4, -0.2) is 32.4 Å². The third kappa shape index (κ3) is 69200. The summed E-state index contributed by atoms with van der Waals surface area (Å²) in [6.45, 7) is 0. The zero-order chi connectivity index (χ0) is 3.58. The quantitative estimate of drug-likeness (QED) is 0.315. The van der Waals surface area contributed by atoms with Gasteiger partial charge in [0.15, 0.2) is 7.98 Å². The fourth-order valence-corrected chi connectivity index (χ4v) is 0. The van der Waals surface area contributed by atoms with Crippen LogP contribution in [0.5, 0.6) is 0 Å². The summed E-state index contributed by atoms with van der Waals surface area (Å²) in [5.41, 5.74) is 0. The largest absolute Gasteiger partial charge is 0.412 e. The van der Waals surface area contributed by atoms with Gasteiger partial charge in [-0.15, -0.1) is 0 Å². The Balaban J connectivity index is 0. The Morgan fingerprint density at radius 3 is 1.40 bits per heavy atom. The van der Waals surface area contributed by atoms with Gasteiger partial charge in [-0.25, -0.2) is 0 Å². The van der Waals surface area contributed by atoms with Crippen molar-refractivity contribution in [1.82, 2.24) is 4.81 Å². The lowest BCUT2D eigenvalue weighted by atomic mass is 10.4. The van der Waals surface area contributed by atoms with Gasteiger partial charge in [0.25, 0.3) is 0 Å². The van der Waals surface area contributed by atoms with Crippen molar-refractivity contribution < 1.29 is 5.48 Å². The van der Waals surface area contributed by atoms with E-state index in [1.807, 2.05) is 26.9 Å². The molecule has 0 radical (unpaired) electrons. The normalized spacial score (nSPS) is 7.00. The molecule has 2 N–H and O–H groups in total. The van der Waals surface area contributed by atoms with Gasteiger partial charge in [0.1, 0.15) is 0 Å². The minimum absolute atomic E-state index is 0. The van der Waals surface area contributed by atoms with Crippen molar-refractivity contribution >= 4 is 7.98 Å². The van der Waals surface area contributed by atoms with E-state index in [1.54, 1.807) is 0 Å². The van der Waals surface area contributed by atoms with Crippen LogP contribution >= 0.6 is 0 Å². The molecule has 0 aliphatic carbocycles. The highest BCUT2D eigenvalue weighted by atomic mass is 16.0. The van der Waals surface area contributed by atoms with E-state index in [2.05, 4.69) is 0 Å². The molecule has 0 amide bonds. The molecule has 5 heavy (non-hydrogen) atoms. The Morgan fingerprint density at radius 2 is 1.40 bits per heavy atom. The van der Waals surface area contributed by atoms with E-state index in [-0.39, 0.29) is 5.48 Å². The Kier molecular flexibility index (Phi) is 7.08. The molecule has 2 nitrogen and oxygen atoms in total. The molecule has 0 aromatic rings. The SMILES string of the molecule is BN(C)C.O. The summed E-state index contributed by atoms with van der Waals surface area (Å²) in [5, 5.41) is 0. The van der Waals surface area contributed by atoms with E-state index in [9.17, 15) is 0 Å². The molecule has 0 aromatic heterocycles. The molecule has 0 aliphatic heterocycles. The summed E-state index contributed by atoms with van der Waals surface area (Å²) in [6.07, 6.45) is 0. The summed E-state index contributed by atoms with van der Waals surface area (Å²) in [6, 6.07) is 0. The van der Waals surface area contributed by atoms with Gasteiger partial charge in [0, 0.05) is 0 Å². The number of hydrogen-bond donors (Lipinski definition) is 0. The third-order valence-corrected chi connectivity index (χ3v) is 0. The molecular weight excluding hydrogens is 64.8 g/mol. The van der Waals surface area contributed by atoms with Crippen molar-refractivity contribution in [2.75, 3.05) is 14.1 Å². The molecule has 0 fully saturated rings. The molecule has 0 aliphatic rings.